The number of aliphatic hydroxyl groups excluding tert-OH is 2. The van der Waals surface area contributed by atoms with E-state index in [2.05, 4.69) is 42.4 Å². The predicted octanol–water partition coefficient (Wildman–Crippen LogP) is 1.09. The molecule has 2 unspecified atom stereocenters. The highest BCUT2D eigenvalue weighted by molar-refractivity contribution is 5.87. The van der Waals surface area contributed by atoms with E-state index >= 15 is 0 Å². The standard InChI is InChI=1S/C7H10O3.C6H8O3.C3H4O2/c1-4-6(8)10-7(9)5(2)3;1-3-5(7)9-6(8)4-2;1-2-3(4)5/h4,6,8H,1-2H2,3H3;3-5,7H,1-2H2;2H,1H2,(H,4,5). The molecule has 0 heterocycles. The Bertz CT molecular complexity index is 478. The van der Waals surface area contributed by atoms with Crippen molar-refractivity contribution >= 4 is 17.9 Å². The molecule has 2 atom stereocenters. The number of aliphatic hydroxyl groups is 2. The largest absolute Gasteiger partial charge is 0.478 e. The van der Waals surface area contributed by atoms with Crippen LogP contribution in [0.3, 0.4) is 0 Å². The number of hydrogen-bond acceptors (Lipinski definition) is 7. The fourth-order valence-corrected chi connectivity index (χ4v) is 0.474. The van der Waals surface area contributed by atoms with Gasteiger partial charge in [0.1, 0.15) is 0 Å². The quantitative estimate of drug-likeness (QED) is 0.271. The first-order valence-electron chi connectivity index (χ1n) is 6.21. The van der Waals surface area contributed by atoms with Gasteiger partial charge in [0, 0.05) is 17.7 Å². The molecule has 0 aliphatic carbocycles. The number of carbonyl (C=O) groups is 3. The summed E-state index contributed by atoms with van der Waals surface area (Å²) in [5, 5.41) is 24.8. The van der Waals surface area contributed by atoms with Crippen molar-refractivity contribution in [3.8, 4) is 0 Å². The molecule has 0 saturated heterocycles. The summed E-state index contributed by atoms with van der Waals surface area (Å²) in [6.45, 7) is 17.3. The van der Waals surface area contributed by atoms with Crippen LogP contribution in [0.25, 0.3) is 0 Å². The molecule has 0 rings (SSSR count). The summed E-state index contributed by atoms with van der Waals surface area (Å²) < 4.78 is 8.59. The van der Waals surface area contributed by atoms with Crippen LogP contribution in [-0.2, 0) is 23.9 Å². The zero-order chi connectivity index (χ0) is 19.7. The first-order chi connectivity index (χ1) is 11.0. The van der Waals surface area contributed by atoms with Crippen LogP contribution >= 0.6 is 0 Å². The topological polar surface area (TPSA) is 130 Å². The lowest BCUT2D eigenvalue weighted by Crippen LogP contribution is -2.14. The Balaban J connectivity index is -0.000000291. The van der Waals surface area contributed by atoms with E-state index < -0.39 is 30.5 Å². The first-order valence-corrected chi connectivity index (χ1v) is 6.21. The summed E-state index contributed by atoms with van der Waals surface area (Å²) in [5.74, 6) is -2.26. The van der Waals surface area contributed by atoms with Gasteiger partial charge < -0.3 is 24.8 Å². The fraction of sp³-hybridized carbons (Fsp3) is 0.188. The molecule has 134 valence electrons. The van der Waals surface area contributed by atoms with Crippen LogP contribution in [0.2, 0.25) is 0 Å². The third-order valence-corrected chi connectivity index (χ3v) is 1.56. The molecule has 3 N–H and O–H groups in total. The van der Waals surface area contributed by atoms with E-state index in [0.29, 0.717) is 0 Å². The SMILES string of the molecule is C=CC(=O)O.C=CC(=O)OC(O)C=C.C=CC(O)OC(=O)C(=C)C. The summed E-state index contributed by atoms with van der Waals surface area (Å²) in [6.07, 6.45) is 1.55. The Kier molecular flexibility index (Phi) is 17.7. The zero-order valence-corrected chi connectivity index (χ0v) is 13.4. The van der Waals surface area contributed by atoms with Crippen molar-refractivity contribution in [3.05, 3.63) is 62.8 Å². The third kappa shape index (κ3) is 21.3. The van der Waals surface area contributed by atoms with Gasteiger partial charge in [-0.2, -0.15) is 0 Å². The van der Waals surface area contributed by atoms with Gasteiger partial charge >= 0.3 is 17.9 Å². The molecular formula is C16H22O8. The minimum absolute atomic E-state index is 0.251. The zero-order valence-electron chi connectivity index (χ0n) is 13.4. The van der Waals surface area contributed by atoms with Gasteiger partial charge in [-0.3, -0.25) is 0 Å². The van der Waals surface area contributed by atoms with E-state index in [1.807, 2.05) is 0 Å². The average Bonchev–Trinajstić information content (AvgIpc) is 2.55. The summed E-state index contributed by atoms with van der Waals surface area (Å²) >= 11 is 0. The lowest BCUT2D eigenvalue weighted by atomic mass is 10.4. The highest BCUT2D eigenvalue weighted by Gasteiger charge is 2.06. The molecule has 24 heavy (non-hydrogen) atoms. The van der Waals surface area contributed by atoms with Crippen molar-refractivity contribution in [2.45, 2.75) is 19.5 Å². The Labute approximate surface area is 140 Å². The smallest absolute Gasteiger partial charge is 0.335 e. The minimum Gasteiger partial charge on any atom is -0.478 e. The Morgan fingerprint density at radius 3 is 1.54 bits per heavy atom. The van der Waals surface area contributed by atoms with Crippen LogP contribution in [0.5, 0.6) is 0 Å². The van der Waals surface area contributed by atoms with Gasteiger partial charge in [-0.25, -0.2) is 14.4 Å². The van der Waals surface area contributed by atoms with E-state index in [0.717, 1.165) is 24.3 Å². The number of carboxylic acid groups (broad SMARTS) is 1. The third-order valence-electron chi connectivity index (χ3n) is 1.56. The summed E-state index contributed by atoms with van der Waals surface area (Å²) in [7, 11) is 0. The normalized spacial score (nSPS) is 10.6. The molecule has 8 nitrogen and oxygen atoms in total. The van der Waals surface area contributed by atoms with Gasteiger partial charge in [0.25, 0.3) is 0 Å². The van der Waals surface area contributed by atoms with Crippen molar-refractivity contribution in [1.82, 2.24) is 0 Å². The van der Waals surface area contributed by atoms with E-state index in [-0.39, 0.29) is 5.57 Å². The number of aliphatic carboxylic acids is 1. The number of hydrogen-bond donors (Lipinski definition) is 3. The van der Waals surface area contributed by atoms with Crippen molar-refractivity contribution in [2.75, 3.05) is 0 Å². The number of rotatable bonds is 7. The van der Waals surface area contributed by atoms with E-state index in [9.17, 15) is 14.4 Å². The molecule has 0 aliphatic heterocycles. The fourth-order valence-electron chi connectivity index (χ4n) is 0.474. The van der Waals surface area contributed by atoms with E-state index in [1.165, 1.54) is 6.92 Å². The van der Waals surface area contributed by atoms with Gasteiger partial charge in [-0.05, 0) is 19.1 Å². The van der Waals surface area contributed by atoms with Crippen LogP contribution in [0.15, 0.2) is 62.8 Å². The highest BCUT2D eigenvalue weighted by Crippen LogP contribution is 1.95. The molecule has 0 amide bonds. The Morgan fingerprint density at radius 1 is 0.917 bits per heavy atom. The number of esters is 2. The molecule has 8 heteroatoms. The van der Waals surface area contributed by atoms with Crippen molar-refractivity contribution in [3.63, 3.8) is 0 Å². The van der Waals surface area contributed by atoms with Crippen LogP contribution in [0.1, 0.15) is 6.92 Å². The molecule has 0 spiro atoms. The molecule has 0 radical (unpaired) electrons. The minimum atomic E-state index is -1.23. The molecular weight excluding hydrogens is 320 g/mol. The molecule has 0 aromatic rings. The van der Waals surface area contributed by atoms with Crippen molar-refractivity contribution in [1.29, 1.82) is 0 Å². The lowest BCUT2D eigenvalue weighted by Gasteiger charge is -2.05. The maximum atomic E-state index is 10.6. The maximum Gasteiger partial charge on any atom is 0.335 e. The van der Waals surface area contributed by atoms with Gasteiger partial charge in [-0.1, -0.05) is 32.9 Å². The van der Waals surface area contributed by atoms with Crippen molar-refractivity contribution in [2.24, 2.45) is 0 Å². The Morgan fingerprint density at radius 2 is 1.29 bits per heavy atom. The molecule has 0 aromatic heterocycles. The number of ether oxygens (including phenoxy) is 2. The maximum absolute atomic E-state index is 10.6. The summed E-state index contributed by atoms with van der Waals surface area (Å²) in [5.41, 5.74) is 0.251. The summed E-state index contributed by atoms with van der Waals surface area (Å²) in [6, 6.07) is 0. The lowest BCUT2D eigenvalue weighted by molar-refractivity contribution is -0.156. The molecule has 0 saturated carbocycles. The second-order valence-electron chi connectivity index (χ2n) is 3.62. The predicted molar refractivity (Wildman–Crippen MR) is 87.4 cm³/mol. The summed E-state index contributed by atoms with van der Waals surface area (Å²) in [4.78, 5) is 30.1. The van der Waals surface area contributed by atoms with Crippen LogP contribution in [0.4, 0.5) is 0 Å². The van der Waals surface area contributed by atoms with Crippen LogP contribution in [0, 0.1) is 0 Å². The molecule has 0 aliphatic rings. The monoisotopic (exact) mass is 342 g/mol. The number of carbonyl (C=O) groups excluding carboxylic acids is 2. The highest BCUT2D eigenvalue weighted by atomic mass is 16.6. The average molecular weight is 342 g/mol. The van der Waals surface area contributed by atoms with Gasteiger partial charge in [0.15, 0.2) is 0 Å². The van der Waals surface area contributed by atoms with E-state index in [1.54, 1.807) is 0 Å². The van der Waals surface area contributed by atoms with Crippen molar-refractivity contribution < 1.29 is 39.2 Å². The van der Waals surface area contributed by atoms with Gasteiger partial charge in [0.2, 0.25) is 12.6 Å². The molecule has 0 fully saturated rings. The van der Waals surface area contributed by atoms with Crippen LogP contribution < -0.4 is 0 Å². The van der Waals surface area contributed by atoms with Gasteiger partial charge in [-0.15, -0.1) is 0 Å². The molecule has 0 bridgehead atoms. The van der Waals surface area contributed by atoms with Crippen LogP contribution in [-0.4, -0.2) is 45.8 Å². The molecule has 0 aromatic carbocycles. The van der Waals surface area contributed by atoms with Gasteiger partial charge in [0.05, 0.1) is 0 Å². The number of carboxylic acids is 1. The van der Waals surface area contributed by atoms with E-state index in [4.69, 9.17) is 15.3 Å². The second-order valence-corrected chi connectivity index (χ2v) is 3.62. The first kappa shape index (κ1) is 26.0. The Hall–Kier alpha value is -2.97. The second kappa shape index (κ2) is 16.4.